The Morgan fingerprint density at radius 2 is 1.71 bits per heavy atom. The van der Waals surface area contributed by atoms with Crippen molar-refractivity contribution in [3.8, 4) is 34.3 Å². The zero-order chi connectivity index (χ0) is 29.3. The first-order valence-corrected chi connectivity index (χ1v) is 12.3. The summed E-state index contributed by atoms with van der Waals surface area (Å²) in [6.45, 7) is 1.62. The van der Waals surface area contributed by atoms with Gasteiger partial charge >= 0.3 is 0 Å². The van der Waals surface area contributed by atoms with Crippen LogP contribution in [0.25, 0.3) is 22.2 Å². The van der Waals surface area contributed by atoms with Gasteiger partial charge in [0.25, 0.3) is 11.8 Å². The van der Waals surface area contributed by atoms with Crippen LogP contribution in [-0.2, 0) is 7.05 Å². The van der Waals surface area contributed by atoms with Crippen LogP contribution in [0.4, 0.5) is 14.5 Å². The van der Waals surface area contributed by atoms with Gasteiger partial charge in [-0.15, -0.1) is 0 Å². The number of carbonyl (C=O) groups is 1. The summed E-state index contributed by atoms with van der Waals surface area (Å²) in [5, 5.41) is 2.58. The van der Waals surface area contributed by atoms with E-state index in [4.69, 9.17) is 14.2 Å². The van der Waals surface area contributed by atoms with Crippen molar-refractivity contribution in [1.82, 2.24) is 14.5 Å². The van der Waals surface area contributed by atoms with E-state index in [2.05, 4.69) is 15.3 Å². The van der Waals surface area contributed by atoms with Crippen LogP contribution in [0.1, 0.15) is 16.1 Å². The number of amides is 1. The first-order valence-electron chi connectivity index (χ1n) is 12.3. The monoisotopic (exact) mass is 558 g/mol. The van der Waals surface area contributed by atoms with E-state index in [1.165, 1.54) is 62.9 Å². The number of aryl methyl sites for hydroxylation is 1. The highest BCUT2D eigenvalue weighted by Crippen LogP contribution is 2.35. The number of carbonyl (C=O) groups excluding carboxylic acids is 1. The molecule has 9 nitrogen and oxygen atoms in total. The number of nitrogens with one attached hydrogen (secondary N) is 1. The van der Waals surface area contributed by atoms with Gasteiger partial charge in [0, 0.05) is 54.6 Å². The average Bonchev–Trinajstić information content (AvgIpc) is 2.96. The fraction of sp³-hybridized carbons (Fsp3) is 0.133. The number of hydrogen-bond donors (Lipinski definition) is 1. The van der Waals surface area contributed by atoms with Crippen LogP contribution in [0.5, 0.6) is 23.1 Å². The number of methoxy groups -OCH3 is 2. The molecule has 41 heavy (non-hydrogen) atoms. The molecule has 0 bridgehead atoms. The Morgan fingerprint density at radius 3 is 2.39 bits per heavy atom. The Hall–Kier alpha value is -5.32. The maximum Gasteiger partial charge on any atom is 0.261 e. The summed E-state index contributed by atoms with van der Waals surface area (Å²) in [4.78, 5) is 35.1. The highest BCUT2D eigenvalue weighted by Gasteiger charge is 2.21. The molecule has 11 heteroatoms. The van der Waals surface area contributed by atoms with E-state index in [1.807, 2.05) is 0 Å². The Bertz CT molecular complexity index is 1860. The number of hydrogen-bond acceptors (Lipinski definition) is 7. The van der Waals surface area contributed by atoms with Gasteiger partial charge in [0.2, 0.25) is 5.43 Å². The predicted molar refractivity (Wildman–Crippen MR) is 149 cm³/mol. The second-order valence-corrected chi connectivity index (χ2v) is 9.03. The molecule has 5 aromatic rings. The van der Waals surface area contributed by atoms with E-state index in [9.17, 15) is 14.0 Å². The number of ether oxygens (including phenoxy) is 3. The zero-order valence-corrected chi connectivity index (χ0v) is 22.5. The van der Waals surface area contributed by atoms with Crippen molar-refractivity contribution in [2.45, 2.75) is 6.92 Å². The van der Waals surface area contributed by atoms with E-state index in [1.54, 1.807) is 30.8 Å². The molecule has 0 saturated carbocycles. The van der Waals surface area contributed by atoms with Crippen molar-refractivity contribution < 1.29 is 27.8 Å². The van der Waals surface area contributed by atoms with Gasteiger partial charge in [0.1, 0.15) is 16.9 Å². The minimum absolute atomic E-state index is 0.109. The lowest BCUT2D eigenvalue weighted by Crippen LogP contribution is -2.26. The summed E-state index contributed by atoms with van der Waals surface area (Å²) in [5.74, 6) is -1.24. The Balaban J connectivity index is 1.43. The molecule has 0 radical (unpaired) electrons. The van der Waals surface area contributed by atoms with Gasteiger partial charge in [0.05, 0.1) is 19.7 Å². The van der Waals surface area contributed by atoms with E-state index >= 15 is 4.39 Å². The first kappa shape index (κ1) is 27.3. The van der Waals surface area contributed by atoms with Crippen molar-refractivity contribution in [3.05, 3.63) is 100 Å². The SMILES string of the molecule is COc1cc2nccc(Oc3ccc(NC(=O)c4c(C)n(C)cc(-c5ccc(F)cc5)c4=O)cc3F)c2nc1OC. The number of anilines is 1. The molecular weight excluding hydrogens is 534 g/mol. The number of pyridine rings is 3. The molecular formula is C30H24F2N4O5. The lowest BCUT2D eigenvalue weighted by molar-refractivity contribution is 0.102. The molecule has 0 saturated heterocycles. The third-order valence-corrected chi connectivity index (χ3v) is 6.50. The average molecular weight is 559 g/mol. The van der Waals surface area contributed by atoms with E-state index in [-0.39, 0.29) is 34.2 Å². The quantitative estimate of drug-likeness (QED) is 0.276. The Labute approximate surface area is 233 Å². The summed E-state index contributed by atoms with van der Waals surface area (Å²) in [7, 11) is 4.60. The molecule has 0 unspecified atom stereocenters. The number of nitrogens with zero attached hydrogens (tertiary/aromatic N) is 3. The van der Waals surface area contributed by atoms with Gasteiger partial charge in [-0.05, 0) is 36.8 Å². The van der Waals surface area contributed by atoms with Crippen molar-refractivity contribution in [2.24, 2.45) is 7.05 Å². The largest absolute Gasteiger partial charge is 0.491 e. The van der Waals surface area contributed by atoms with Crippen molar-refractivity contribution >= 4 is 22.6 Å². The molecule has 0 aliphatic carbocycles. The van der Waals surface area contributed by atoms with E-state index < -0.39 is 23.0 Å². The zero-order valence-electron chi connectivity index (χ0n) is 22.5. The van der Waals surface area contributed by atoms with Crippen LogP contribution in [-0.4, -0.2) is 34.7 Å². The minimum Gasteiger partial charge on any atom is -0.491 e. The van der Waals surface area contributed by atoms with E-state index in [0.717, 1.165) is 6.07 Å². The fourth-order valence-corrected chi connectivity index (χ4v) is 4.29. The second-order valence-electron chi connectivity index (χ2n) is 9.03. The van der Waals surface area contributed by atoms with Gasteiger partial charge in [-0.25, -0.2) is 13.8 Å². The molecule has 0 atom stereocenters. The number of fused-ring (bicyclic) bond motifs is 1. The molecule has 1 amide bonds. The van der Waals surface area contributed by atoms with Gasteiger partial charge in [-0.2, -0.15) is 0 Å². The third kappa shape index (κ3) is 5.29. The van der Waals surface area contributed by atoms with Crippen LogP contribution >= 0.6 is 0 Å². The number of aromatic nitrogens is 3. The normalized spacial score (nSPS) is 10.9. The highest BCUT2D eigenvalue weighted by atomic mass is 19.1. The predicted octanol–water partition coefficient (Wildman–Crippen LogP) is 5.64. The molecule has 0 aliphatic rings. The second kappa shape index (κ2) is 11.0. The molecule has 3 heterocycles. The van der Waals surface area contributed by atoms with Crippen LogP contribution in [0.3, 0.4) is 0 Å². The molecule has 0 aliphatic heterocycles. The summed E-state index contributed by atoms with van der Waals surface area (Å²) < 4.78 is 46.5. The molecule has 1 N–H and O–H groups in total. The summed E-state index contributed by atoms with van der Waals surface area (Å²) in [6, 6.07) is 12.4. The van der Waals surface area contributed by atoms with Crippen molar-refractivity contribution in [2.75, 3.05) is 19.5 Å². The summed E-state index contributed by atoms with van der Waals surface area (Å²) in [5.41, 5.74) is 1.33. The third-order valence-electron chi connectivity index (χ3n) is 6.50. The smallest absolute Gasteiger partial charge is 0.261 e. The van der Waals surface area contributed by atoms with Crippen LogP contribution < -0.4 is 25.0 Å². The van der Waals surface area contributed by atoms with Gasteiger partial charge in [0.15, 0.2) is 23.1 Å². The van der Waals surface area contributed by atoms with Gasteiger partial charge in [-0.3, -0.25) is 14.6 Å². The fourth-order valence-electron chi connectivity index (χ4n) is 4.29. The summed E-state index contributed by atoms with van der Waals surface area (Å²) in [6.07, 6.45) is 3.07. The topological polar surface area (TPSA) is 105 Å². The molecule has 0 fully saturated rings. The lowest BCUT2D eigenvalue weighted by atomic mass is 10.0. The maximum absolute atomic E-state index is 15.1. The Morgan fingerprint density at radius 1 is 0.951 bits per heavy atom. The van der Waals surface area contributed by atoms with Crippen molar-refractivity contribution in [3.63, 3.8) is 0 Å². The molecule has 2 aromatic carbocycles. The molecule has 3 aromatic heterocycles. The highest BCUT2D eigenvalue weighted by molar-refractivity contribution is 6.05. The lowest BCUT2D eigenvalue weighted by Gasteiger charge is -2.14. The standard InChI is InChI=1S/C30H24F2N4O5/c1-16-26(28(37)20(15-36(16)2)17-5-7-18(31)8-6-17)29(38)34-19-9-10-23(21(32)13-19)41-24-11-12-33-22-14-25(39-3)30(40-4)35-27(22)24/h5-15H,1-4H3,(H,34,38). The number of benzene rings is 2. The number of rotatable bonds is 7. The Kier molecular flexibility index (Phi) is 7.34. The van der Waals surface area contributed by atoms with E-state index in [0.29, 0.717) is 28.0 Å². The summed E-state index contributed by atoms with van der Waals surface area (Å²) >= 11 is 0. The first-order chi connectivity index (χ1) is 19.7. The molecule has 208 valence electrons. The number of halogens is 2. The molecule has 5 rings (SSSR count). The van der Waals surface area contributed by atoms with Crippen LogP contribution in [0.2, 0.25) is 0 Å². The molecule has 0 spiro atoms. The van der Waals surface area contributed by atoms with Crippen LogP contribution in [0, 0.1) is 18.6 Å². The minimum atomic E-state index is -0.766. The van der Waals surface area contributed by atoms with Gasteiger partial charge in [-0.1, -0.05) is 12.1 Å². The van der Waals surface area contributed by atoms with Crippen molar-refractivity contribution in [1.29, 1.82) is 0 Å². The van der Waals surface area contributed by atoms with Crippen LogP contribution in [0.15, 0.2) is 71.8 Å². The van der Waals surface area contributed by atoms with Gasteiger partial charge < -0.3 is 24.1 Å². The maximum atomic E-state index is 15.1.